The van der Waals surface area contributed by atoms with Crippen LogP contribution in [-0.4, -0.2) is 24.5 Å². The molecule has 2 N–H and O–H groups in total. The summed E-state index contributed by atoms with van der Waals surface area (Å²) in [6.07, 6.45) is 1.18. The quantitative estimate of drug-likeness (QED) is 0.828. The first-order chi connectivity index (χ1) is 7.61. The Bertz CT molecular complexity index is 284. The van der Waals surface area contributed by atoms with E-state index in [0.717, 1.165) is 6.54 Å². The van der Waals surface area contributed by atoms with E-state index < -0.39 is 0 Å². The van der Waals surface area contributed by atoms with Crippen molar-refractivity contribution in [2.45, 2.75) is 39.3 Å². The standard InChI is InChI=1S/C13H24N2S/c1-5-10(2)12(9-14)15(4)11(3)13-7-6-8-16-13/h6-8,10-12H,5,9,14H2,1-4H3. The van der Waals surface area contributed by atoms with Crippen LogP contribution in [0.4, 0.5) is 0 Å². The summed E-state index contributed by atoms with van der Waals surface area (Å²) in [6.45, 7) is 7.52. The highest BCUT2D eigenvalue weighted by atomic mass is 32.1. The Hall–Kier alpha value is -0.380. The van der Waals surface area contributed by atoms with E-state index in [4.69, 9.17) is 5.73 Å². The fourth-order valence-electron chi connectivity index (χ4n) is 2.09. The lowest BCUT2D eigenvalue weighted by atomic mass is 9.96. The summed E-state index contributed by atoms with van der Waals surface area (Å²) in [4.78, 5) is 3.84. The van der Waals surface area contributed by atoms with Crippen molar-refractivity contribution < 1.29 is 0 Å². The summed E-state index contributed by atoms with van der Waals surface area (Å²) in [7, 11) is 2.19. The Morgan fingerprint density at radius 2 is 2.12 bits per heavy atom. The van der Waals surface area contributed by atoms with Crippen LogP contribution in [0.25, 0.3) is 0 Å². The fraction of sp³-hybridized carbons (Fsp3) is 0.692. The lowest BCUT2D eigenvalue weighted by Crippen LogP contribution is -2.43. The predicted octanol–water partition coefficient (Wildman–Crippen LogP) is 3.11. The van der Waals surface area contributed by atoms with Gasteiger partial charge in [0.05, 0.1) is 0 Å². The van der Waals surface area contributed by atoms with Gasteiger partial charge in [0, 0.05) is 23.5 Å². The molecule has 0 radical (unpaired) electrons. The van der Waals surface area contributed by atoms with Gasteiger partial charge in [0.2, 0.25) is 0 Å². The average Bonchev–Trinajstić information content (AvgIpc) is 2.81. The van der Waals surface area contributed by atoms with Crippen molar-refractivity contribution in [2.75, 3.05) is 13.6 Å². The van der Waals surface area contributed by atoms with Gasteiger partial charge in [-0.1, -0.05) is 26.3 Å². The molecule has 0 aliphatic heterocycles. The second kappa shape index (κ2) is 6.38. The molecule has 1 aromatic rings. The topological polar surface area (TPSA) is 29.3 Å². The highest BCUT2D eigenvalue weighted by Gasteiger charge is 2.24. The molecule has 1 rings (SSSR count). The number of likely N-dealkylation sites (N-methyl/N-ethyl adjacent to an activating group) is 1. The molecule has 0 bridgehead atoms. The molecule has 0 fully saturated rings. The van der Waals surface area contributed by atoms with Gasteiger partial charge in [-0.25, -0.2) is 0 Å². The molecule has 1 heterocycles. The summed E-state index contributed by atoms with van der Waals surface area (Å²) in [5.74, 6) is 0.650. The highest BCUT2D eigenvalue weighted by molar-refractivity contribution is 7.10. The number of thiophene rings is 1. The number of hydrogen-bond donors (Lipinski definition) is 1. The molecule has 0 aliphatic rings. The zero-order valence-electron chi connectivity index (χ0n) is 10.8. The van der Waals surface area contributed by atoms with E-state index in [1.165, 1.54) is 11.3 Å². The molecular weight excluding hydrogens is 216 g/mol. The smallest absolute Gasteiger partial charge is 0.0413 e. The molecule has 2 nitrogen and oxygen atoms in total. The molecule has 0 aliphatic carbocycles. The van der Waals surface area contributed by atoms with Crippen molar-refractivity contribution in [1.82, 2.24) is 4.90 Å². The van der Waals surface area contributed by atoms with Crippen LogP contribution in [0.2, 0.25) is 0 Å². The van der Waals surface area contributed by atoms with Crippen LogP contribution in [0.3, 0.4) is 0 Å². The van der Waals surface area contributed by atoms with Gasteiger partial charge in [-0.05, 0) is 31.3 Å². The van der Waals surface area contributed by atoms with E-state index >= 15 is 0 Å². The van der Waals surface area contributed by atoms with E-state index in [1.807, 2.05) is 11.3 Å². The van der Waals surface area contributed by atoms with E-state index in [1.54, 1.807) is 0 Å². The van der Waals surface area contributed by atoms with Crippen molar-refractivity contribution in [1.29, 1.82) is 0 Å². The van der Waals surface area contributed by atoms with Gasteiger partial charge < -0.3 is 5.73 Å². The van der Waals surface area contributed by atoms with E-state index in [2.05, 4.69) is 50.2 Å². The number of nitrogens with two attached hydrogens (primary N) is 1. The van der Waals surface area contributed by atoms with E-state index in [0.29, 0.717) is 18.0 Å². The first kappa shape index (κ1) is 13.7. The van der Waals surface area contributed by atoms with Crippen molar-refractivity contribution in [3.8, 4) is 0 Å². The second-order valence-electron chi connectivity index (χ2n) is 4.55. The van der Waals surface area contributed by atoms with Gasteiger partial charge >= 0.3 is 0 Å². The lowest BCUT2D eigenvalue weighted by molar-refractivity contribution is 0.142. The molecule has 0 spiro atoms. The van der Waals surface area contributed by atoms with Crippen LogP contribution < -0.4 is 5.73 Å². The molecule has 3 atom stereocenters. The van der Waals surface area contributed by atoms with Gasteiger partial charge in [0.25, 0.3) is 0 Å². The van der Waals surface area contributed by atoms with Crippen LogP contribution in [0.1, 0.15) is 38.1 Å². The molecular formula is C13H24N2S. The summed E-state index contributed by atoms with van der Waals surface area (Å²) >= 11 is 1.82. The maximum Gasteiger partial charge on any atom is 0.0413 e. The monoisotopic (exact) mass is 240 g/mol. The van der Waals surface area contributed by atoms with Gasteiger partial charge in [0.1, 0.15) is 0 Å². The van der Waals surface area contributed by atoms with Gasteiger partial charge in [-0.3, -0.25) is 4.90 Å². The highest BCUT2D eigenvalue weighted by Crippen LogP contribution is 2.27. The average molecular weight is 240 g/mol. The molecule has 3 unspecified atom stereocenters. The van der Waals surface area contributed by atoms with Crippen molar-refractivity contribution in [3.05, 3.63) is 22.4 Å². The van der Waals surface area contributed by atoms with Crippen LogP contribution >= 0.6 is 11.3 Å². The first-order valence-electron chi connectivity index (χ1n) is 6.07. The minimum Gasteiger partial charge on any atom is -0.329 e. The maximum absolute atomic E-state index is 5.90. The molecule has 1 aromatic heterocycles. The van der Waals surface area contributed by atoms with Crippen molar-refractivity contribution in [2.24, 2.45) is 11.7 Å². The predicted molar refractivity (Wildman–Crippen MR) is 72.8 cm³/mol. The summed E-state index contributed by atoms with van der Waals surface area (Å²) < 4.78 is 0. The Morgan fingerprint density at radius 3 is 2.56 bits per heavy atom. The fourth-order valence-corrected chi connectivity index (χ4v) is 2.92. The third kappa shape index (κ3) is 3.06. The van der Waals surface area contributed by atoms with Gasteiger partial charge in [0.15, 0.2) is 0 Å². The number of hydrogen-bond acceptors (Lipinski definition) is 3. The molecule has 0 amide bonds. The second-order valence-corrected chi connectivity index (χ2v) is 5.52. The van der Waals surface area contributed by atoms with Crippen LogP contribution in [0.5, 0.6) is 0 Å². The molecule has 92 valence electrons. The van der Waals surface area contributed by atoms with Crippen LogP contribution in [-0.2, 0) is 0 Å². The maximum atomic E-state index is 5.90. The van der Waals surface area contributed by atoms with Gasteiger partial charge in [-0.15, -0.1) is 11.3 Å². The number of rotatable bonds is 6. The van der Waals surface area contributed by atoms with Crippen LogP contribution in [0.15, 0.2) is 17.5 Å². The Morgan fingerprint density at radius 1 is 1.44 bits per heavy atom. The van der Waals surface area contributed by atoms with E-state index in [-0.39, 0.29) is 0 Å². The Kier molecular flexibility index (Phi) is 5.46. The largest absolute Gasteiger partial charge is 0.329 e. The Labute approximate surface area is 103 Å². The molecule has 0 saturated heterocycles. The molecule has 0 aromatic carbocycles. The summed E-state index contributed by atoms with van der Waals surface area (Å²) in [5.41, 5.74) is 5.90. The Balaban J connectivity index is 2.71. The SMILES string of the molecule is CCC(C)C(CN)N(C)C(C)c1cccs1. The molecule has 3 heteroatoms. The lowest BCUT2D eigenvalue weighted by Gasteiger charge is -2.35. The number of nitrogens with zero attached hydrogens (tertiary/aromatic N) is 1. The minimum atomic E-state index is 0.461. The zero-order valence-corrected chi connectivity index (χ0v) is 11.6. The normalized spacial score (nSPS) is 17.4. The molecule has 16 heavy (non-hydrogen) atoms. The van der Waals surface area contributed by atoms with Crippen molar-refractivity contribution >= 4 is 11.3 Å². The minimum absolute atomic E-state index is 0.461. The van der Waals surface area contributed by atoms with Crippen molar-refractivity contribution in [3.63, 3.8) is 0 Å². The first-order valence-corrected chi connectivity index (χ1v) is 6.95. The third-order valence-corrected chi connectivity index (χ3v) is 4.67. The van der Waals surface area contributed by atoms with Crippen LogP contribution in [0, 0.1) is 5.92 Å². The summed E-state index contributed by atoms with van der Waals surface area (Å²) in [5, 5.41) is 2.14. The molecule has 0 saturated carbocycles. The van der Waals surface area contributed by atoms with Gasteiger partial charge in [-0.2, -0.15) is 0 Å². The zero-order chi connectivity index (χ0) is 12.1. The third-order valence-electron chi connectivity index (χ3n) is 3.63. The summed E-state index contributed by atoms with van der Waals surface area (Å²) in [6, 6.07) is 5.26. The van der Waals surface area contributed by atoms with E-state index in [9.17, 15) is 0 Å².